The van der Waals surface area contributed by atoms with Crippen molar-refractivity contribution in [1.82, 2.24) is 5.32 Å². The van der Waals surface area contributed by atoms with Crippen LogP contribution in [0.4, 0.5) is 0 Å². The van der Waals surface area contributed by atoms with E-state index in [4.69, 9.17) is 4.74 Å². The fourth-order valence-corrected chi connectivity index (χ4v) is 12.6. The fraction of sp³-hybridized carbons (Fsp3) is 0.901. The van der Waals surface area contributed by atoms with E-state index in [0.29, 0.717) is 19.4 Å². The first-order valence-corrected chi connectivity index (χ1v) is 39.8. The van der Waals surface area contributed by atoms with E-state index in [9.17, 15) is 19.8 Å². The lowest BCUT2D eigenvalue weighted by molar-refractivity contribution is -0.143. The molecule has 87 heavy (non-hydrogen) atoms. The molecule has 0 saturated carbocycles. The second-order valence-electron chi connectivity index (χ2n) is 27.4. The van der Waals surface area contributed by atoms with Gasteiger partial charge in [0.25, 0.3) is 0 Å². The summed E-state index contributed by atoms with van der Waals surface area (Å²) >= 11 is 0. The van der Waals surface area contributed by atoms with Crippen LogP contribution in [-0.4, -0.2) is 47.4 Å². The summed E-state index contributed by atoms with van der Waals surface area (Å²) in [6.45, 7) is 4.95. The molecule has 514 valence electrons. The Morgan fingerprint density at radius 3 is 0.874 bits per heavy atom. The molecule has 6 heteroatoms. The highest BCUT2D eigenvalue weighted by molar-refractivity contribution is 5.76. The number of aliphatic hydroxyl groups excluding tert-OH is 2. The van der Waals surface area contributed by atoms with Crippen LogP contribution in [0, 0.1) is 0 Å². The minimum Gasteiger partial charge on any atom is -0.466 e. The summed E-state index contributed by atoms with van der Waals surface area (Å²) in [4.78, 5) is 24.6. The number of allylic oxidation sites excluding steroid dienone is 5. The number of nitrogens with one attached hydrogen (secondary N) is 1. The van der Waals surface area contributed by atoms with E-state index < -0.39 is 12.1 Å². The quantitative estimate of drug-likeness (QED) is 0.0320. The van der Waals surface area contributed by atoms with Gasteiger partial charge in [0.05, 0.1) is 25.4 Å². The van der Waals surface area contributed by atoms with Gasteiger partial charge in [0, 0.05) is 12.8 Å². The third kappa shape index (κ3) is 73.0. The van der Waals surface area contributed by atoms with Gasteiger partial charge in [-0.15, -0.1) is 0 Å². The Morgan fingerprint density at radius 1 is 0.322 bits per heavy atom. The lowest BCUT2D eigenvalue weighted by atomic mass is 10.0. The summed E-state index contributed by atoms with van der Waals surface area (Å²) in [5, 5.41) is 23.3. The van der Waals surface area contributed by atoms with Gasteiger partial charge in [-0.2, -0.15) is 0 Å². The molecule has 0 aliphatic heterocycles. The van der Waals surface area contributed by atoms with Gasteiger partial charge in [-0.05, 0) is 64.2 Å². The minimum atomic E-state index is -0.844. The van der Waals surface area contributed by atoms with Gasteiger partial charge in [-0.1, -0.05) is 403 Å². The molecule has 0 spiro atoms. The van der Waals surface area contributed by atoms with Crippen molar-refractivity contribution in [3.05, 3.63) is 36.5 Å². The number of hydrogen-bond acceptors (Lipinski definition) is 5. The maximum absolute atomic E-state index is 12.6. The van der Waals surface area contributed by atoms with Gasteiger partial charge in [0.1, 0.15) is 0 Å². The lowest BCUT2D eigenvalue weighted by Gasteiger charge is -2.20. The zero-order valence-electron chi connectivity index (χ0n) is 59.0. The Kier molecular flexibility index (Phi) is 74.8. The summed E-state index contributed by atoms with van der Waals surface area (Å²) in [6.07, 6.45) is 99.8. The molecule has 0 heterocycles. The number of carbonyl (C=O) groups excluding carboxylic acids is 2. The molecule has 3 N–H and O–H groups in total. The number of ether oxygens (including phenoxy) is 1. The monoisotopic (exact) mass is 1220 g/mol. The van der Waals surface area contributed by atoms with Crippen LogP contribution in [0.2, 0.25) is 0 Å². The SMILES string of the molecule is CCCCCCCCCCCCCCCCCCCCCCC/C=C/C(O)C(CO)NC(=O)CCCCCCCCCCCCCCCCCCC/C=C\C/C=C\CCCCCCCCCCCCCOC(=O)CCCCCCCCCCCCCC. The smallest absolute Gasteiger partial charge is 0.305 e. The number of aliphatic hydroxyl groups is 2. The second kappa shape index (κ2) is 76.5. The van der Waals surface area contributed by atoms with E-state index in [1.807, 2.05) is 6.08 Å². The molecule has 0 aliphatic carbocycles. The highest BCUT2D eigenvalue weighted by Gasteiger charge is 2.18. The van der Waals surface area contributed by atoms with Crippen LogP contribution in [0.25, 0.3) is 0 Å². The van der Waals surface area contributed by atoms with Crippen LogP contribution in [-0.2, 0) is 14.3 Å². The van der Waals surface area contributed by atoms with Crippen molar-refractivity contribution in [2.24, 2.45) is 0 Å². The predicted octanol–water partition coefficient (Wildman–Crippen LogP) is 26.2. The number of amides is 1. The van der Waals surface area contributed by atoms with Crippen LogP contribution in [0.3, 0.4) is 0 Å². The predicted molar refractivity (Wildman–Crippen MR) is 384 cm³/mol. The van der Waals surface area contributed by atoms with E-state index >= 15 is 0 Å². The fourth-order valence-electron chi connectivity index (χ4n) is 12.6. The van der Waals surface area contributed by atoms with E-state index in [1.165, 1.54) is 372 Å². The Labute approximate surface area is 544 Å². The van der Waals surface area contributed by atoms with Gasteiger partial charge in [0.2, 0.25) is 5.91 Å². The molecule has 0 aromatic carbocycles. The number of carbonyl (C=O) groups is 2. The first kappa shape index (κ1) is 85.1. The summed E-state index contributed by atoms with van der Waals surface area (Å²) in [5.41, 5.74) is 0. The van der Waals surface area contributed by atoms with Gasteiger partial charge in [-0.3, -0.25) is 9.59 Å². The third-order valence-corrected chi connectivity index (χ3v) is 18.7. The normalized spacial score (nSPS) is 12.6. The van der Waals surface area contributed by atoms with Crippen molar-refractivity contribution in [1.29, 1.82) is 0 Å². The van der Waals surface area contributed by atoms with E-state index in [-0.39, 0.29) is 18.5 Å². The van der Waals surface area contributed by atoms with Gasteiger partial charge in [-0.25, -0.2) is 0 Å². The number of rotatable bonds is 75. The van der Waals surface area contributed by atoms with Crippen LogP contribution < -0.4 is 5.32 Å². The second-order valence-corrected chi connectivity index (χ2v) is 27.4. The van der Waals surface area contributed by atoms with Crippen molar-refractivity contribution < 1.29 is 24.5 Å². The minimum absolute atomic E-state index is 0.0179. The number of esters is 1. The molecule has 0 radical (unpaired) electrons. The van der Waals surface area contributed by atoms with Crippen LogP contribution >= 0.6 is 0 Å². The van der Waals surface area contributed by atoms with Crippen molar-refractivity contribution in [3.8, 4) is 0 Å². The van der Waals surface area contributed by atoms with Crippen LogP contribution in [0.5, 0.6) is 0 Å². The highest BCUT2D eigenvalue weighted by Crippen LogP contribution is 2.20. The van der Waals surface area contributed by atoms with Crippen LogP contribution in [0.1, 0.15) is 444 Å². The van der Waals surface area contributed by atoms with Gasteiger partial charge < -0.3 is 20.3 Å². The standard InChI is InChI=1S/C81H155NO5/c1-3-5-7-9-11-13-15-17-18-19-20-21-35-38-41-44-47-50-53-57-61-65-69-73-79(84)78(77-83)82-80(85)74-70-66-62-58-54-51-48-45-42-39-36-33-31-29-27-25-23-22-24-26-28-30-32-34-37-40-43-46-49-52-56-60-64-68-72-76-87-81(86)75-71-67-63-59-55-16-14-12-10-8-6-4-2/h24,26,30,32,69,73,78-79,83-84H,3-23,25,27-29,31,33-68,70-72,74-77H2,1-2H3,(H,82,85)/b26-24-,32-30-,73-69+. The van der Waals surface area contributed by atoms with Gasteiger partial charge >= 0.3 is 5.97 Å². The Bertz CT molecular complexity index is 1410. The maximum atomic E-state index is 12.6. The Hall–Kier alpha value is -1.92. The van der Waals surface area contributed by atoms with Crippen molar-refractivity contribution in [2.45, 2.75) is 456 Å². The van der Waals surface area contributed by atoms with Crippen molar-refractivity contribution in [3.63, 3.8) is 0 Å². The summed E-state index contributed by atoms with van der Waals surface area (Å²) in [5.74, 6) is -0.0429. The average molecular weight is 1220 g/mol. The third-order valence-electron chi connectivity index (χ3n) is 18.7. The number of unbranched alkanes of at least 4 members (excludes halogenated alkanes) is 60. The summed E-state index contributed by atoms with van der Waals surface area (Å²) in [7, 11) is 0. The molecule has 0 aliphatic rings. The molecule has 0 saturated heterocycles. The Morgan fingerprint density at radius 2 is 0.575 bits per heavy atom. The maximum Gasteiger partial charge on any atom is 0.305 e. The lowest BCUT2D eigenvalue weighted by Crippen LogP contribution is -2.45. The first-order chi connectivity index (χ1) is 43.0. The van der Waals surface area contributed by atoms with Crippen molar-refractivity contribution >= 4 is 11.9 Å². The molecule has 6 nitrogen and oxygen atoms in total. The molecule has 2 unspecified atom stereocenters. The molecular weight excluding hydrogens is 1070 g/mol. The molecule has 1 amide bonds. The molecular formula is C81H155NO5. The van der Waals surface area contributed by atoms with Crippen LogP contribution in [0.15, 0.2) is 36.5 Å². The zero-order chi connectivity index (χ0) is 62.8. The molecule has 0 aromatic heterocycles. The first-order valence-electron chi connectivity index (χ1n) is 39.8. The molecule has 2 atom stereocenters. The van der Waals surface area contributed by atoms with Crippen molar-refractivity contribution in [2.75, 3.05) is 13.2 Å². The average Bonchev–Trinajstić information content (AvgIpc) is 3.53. The van der Waals surface area contributed by atoms with Gasteiger partial charge in [0.15, 0.2) is 0 Å². The molecule has 0 rings (SSSR count). The van der Waals surface area contributed by atoms with E-state index in [2.05, 4.69) is 43.5 Å². The molecule has 0 bridgehead atoms. The zero-order valence-corrected chi connectivity index (χ0v) is 59.0. The topological polar surface area (TPSA) is 95.9 Å². The van der Waals surface area contributed by atoms with E-state index in [1.54, 1.807) is 6.08 Å². The Balaban J connectivity index is 3.39. The highest BCUT2D eigenvalue weighted by atomic mass is 16.5. The summed E-state index contributed by atoms with van der Waals surface area (Å²) < 4.78 is 5.48. The molecule has 0 fully saturated rings. The van der Waals surface area contributed by atoms with E-state index in [0.717, 1.165) is 44.9 Å². The summed E-state index contributed by atoms with van der Waals surface area (Å²) in [6, 6.07) is -0.628. The largest absolute Gasteiger partial charge is 0.466 e. The number of hydrogen-bond donors (Lipinski definition) is 3. The molecule has 0 aromatic rings.